The van der Waals surface area contributed by atoms with Crippen molar-refractivity contribution in [3.8, 4) is 0 Å². The van der Waals surface area contributed by atoms with Crippen molar-refractivity contribution >= 4 is 0 Å². The number of rotatable bonds is 5. The Labute approximate surface area is 83.1 Å². The molecule has 1 aromatic heterocycles. The molecule has 14 heavy (non-hydrogen) atoms. The lowest BCUT2D eigenvalue weighted by atomic mass is 10.2. The van der Waals surface area contributed by atoms with Gasteiger partial charge < -0.3 is 10.4 Å². The Morgan fingerprint density at radius 3 is 3.07 bits per heavy atom. The highest BCUT2D eigenvalue weighted by Crippen LogP contribution is 2.32. The monoisotopic (exact) mass is 196 g/mol. The number of hydrogen-bond acceptors (Lipinski definition) is 4. The van der Waals surface area contributed by atoms with Gasteiger partial charge in [0.1, 0.15) is 0 Å². The summed E-state index contributed by atoms with van der Waals surface area (Å²) in [5, 5.41) is 20.5. The second-order valence-corrected chi connectivity index (χ2v) is 3.92. The zero-order chi connectivity index (χ0) is 9.97. The second-order valence-electron chi connectivity index (χ2n) is 3.92. The third-order valence-electron chi connectivity index (χ3n) is 2.48. The van der Waals surface area contributed by atoms with Crippen LogP contribution in [0, 0.1) is 5.92 Å². The summed E-state index contributed by atoms with van der Waals surface area (Å²) in [6.45, 7) is 1.33. The Balaban J connectivity index is 1.67. The standard InChI is InChI=1S/C9H16N4O/c1-13-6-8(11-12-13)4-10-5-9(14)7-2-3-7/h6-7,9-10,14H,2-5H2,1H3. The van der Waals surface area contributed by atoms with Gasteiger partial charge in [-0.05, 0) is 18.8 Å². The molecule has 1 fully saturated rings. The normalized spacial score (nSPS) is 18.4. The first-order valence-corrected chi connectivity index (χ1v) is 4.99. The Morgan fingerprint density at radius 1 is 1.71 bits per heavy atom. The fraction of sp³-hybridized carbons (Fsp3) is 0.778. The molecule has 0 amide bonds. The molecule has 0 spiro atoms. The molecule has 1 aliphatic rings. The molecule has 5 nitrogen and oxygen atoms in total. The Kier molecular flexibility index (Phi) is 2.79. The van der Waals surface area contributed by atoms with Crippen molar-refractivity contribution in [3.05, 3.63) is 11.9 Å². The molecule has 1 aliphatic carbocycles. The van der Waals surface area contributed by atoms with Crippen molar-refractivity contribution in [1.29, 1.82) is 0 Å². The van der Waals surface area contributed by atoms with Crippen LogP contribution in [0.15, 0.2) is 6.20 Å². The summed E-state index contributed by atoms with van der Waals surface area (Å²) in [5.41, 5.74) is 0.912. The van der Waals surface area contributed by atoms with Crippen molar-refractivity contribution in [2.24, 2.45) is 13.0 Å². The number of aryl methyl sites for hydroxylation is 1. The van der Waals surface area contributed by atoms with E-state index in [1.54, 1.807) is 4.68 Å². The van der Waals surface area contributed by atoms with Gasteiger partial charge in [0.15, 0.2) is 0 Å². The maximum Gasteiger partial charge on any atom is 0.0964 e. The summed E-state index contributed by atoms with van der Waals surface area (Å²) in [4.78, 5) is 0. The highest BCUT2D eigenvalue weighted by atomic mass is 16.3. The molecular formula is C9H16N4O. The fourth-order valence-electron chi connectivity index (χ4n) is 1.47. The Bertz CT molecular complexity index is 295. The fourth-order valence-corrected chi connectivity index (χ4v) is 1.47. The number of aromatic nitrogens is 3. The number of nitrogens with one attached hydrogen (secondary N) is 1. The molecule has 0 radical (unpaired) electrons. The van der Waals surface area contributed by atoms with Gasteiger partial charge in [-0.3, -0.25) is 4.68 Å². The van der Waals surface area contributed by atoms with Crippen LogP contribution in [-0.2, 0) is 13.6 Å². The van der Waals surface area contributed by atoms with Gasteiger partial charge >= 0.3 is 0 Å². The van der Waals surface area contributed by atoms with Crippen LogP contribution in [0.1, 0.15) is 18.5 Å². The van der Waals surface area contributed by atoms with Crippen LogP contribution >= 0.6 is 0 Å². The Hall–Kier alpha value is -0.940. The van der Waals surface area contributed by atoms with Gasteiger partial charge in [-0.15, -0.1) is 5.10 Å². The molecule has 5 heteroatoms. The van der Waals surface area contributed by atoms with E-state index in [0.717, 1.165) is 5.69 Å². The summed E-state index contributed by atoms with van der Waals surface area (Å²) in [6.07, 6.45) is 4.03. The van der Waals surface area contributed by atoms with Crippen LogP contribution in [0.25, 0.3) is 0 Å². The van der Waals surface area contributed by atoms with E-state index in [1.165, 1.54) is 12.8 Å². The summed E-state index contributed by atoms with van der Waals surface area (Å²) in [6, 6.07) is 0. The lowest BCUT2D eigenvalue weighted by molar-refractivity contribution is 0.148. The largest absolute Gasteiger partial charge is 0.392 e. The maximum absolute atomic E-state index is 9.57. The topological polar surface area (TPSA) is 63.0 Å². The quantitative estimate of drug-likeness (QED) is 0.677. The third kappa shape index (κ3) is 2.52. The smallest absolute Gasteiger partial charge is 0.0964 e. The summed E-state index contributed by atoms with van der Waals surface area (Å²) in [5.74, 6) is 0.532. The average Bonchev–Trinajstić information content (AvgIpc) is 2.92. The van der Waals surface area contributed by atoms with Crippen LogP contribution in [0.5, 0.6) is 0 Å². The predicted molar refractivity (Wildman–Crippen MR) is 51.4 cm³/mol. The van der Waals surface area contributed by atoms with Crippen LogP contribution in [0.3, 0.4) is 0 Å². The third-order valence-corrected chi connectivity index (χ3v) is 2.48. The molecule has 0 saturated heterocycles. The average molecular weight is 196 g/mol. The summed E-state index contributed by atoms with van der Waals surface area (Å²) >= 11 is 0. The second kappa shape index (κ2) is 4.06. The molecule has 1 unspecified atom stereocenters. The van der Waals surface area contributed by atoms with Crippen LogP contribution < -0.4 is 5.32 Å². The van der Waals surface area contributed by atoms with E-state index in [4.69, 9.17) is 0 Å². The molecule has 78 valence electrons. The van der Waals surface area contributed by atoms with E-state index in [-0.39, 0.29) is 6.10 Å². The first kappa shape index (κ1) is 9.61. The Morgan fingerprint density at radius 2 is 2.50 bits per heavy atom. The van der Waals surface area contributed by atoms with Crippen molar-refractivity contribution < 1.29 is 5.11 Å². The first-order valence-electron chi connectivity index (χ1n) is 4.99. The van der Waals surface area contributed by atoms with E-state index in [0.29, 0.717) is 19.0 Å². The predicted octanol–water partition coefficient (Wildman–Crippen LogP) is -0.324. The van der Waals surface area contributed by atoms with Crippen molar-refractivity contribution in [3.63, 3.8) is 0 Å². The molecule has 0 bridgehead atoms. The van der Waals surface area contributed by atoms with Gasteiger partial charge in [-0.25, -0.2) is 0 Å². The highest BCUT2D eigenvalue weighted by molar-refractivity contribution is 4.91. The van der Waals surface area contributed by atoms with Gasteiger partial charge in [-0.2, -0.15) is 0 Å². The van der Waals surface area contributed by atoms with Gasteiger partial charge in [-0.1, -0.05) is 5.21 Å². The SMILES string of the molecule is Cn1cc(CNCC(O)C2CC2)nn1. The van der Waals surface area contributed by atoms with E-state index < -0.39 is 0 Å². The molecule has 2 rings (SSSR count). The van der Waals surface area contributed by atoms with Gasteiger partial charge in [0.05, 0.1) is 11.8 Å². The van der Waals surface area contributed by atoms with E-state index in [2.05, 4.69) is 15.6 Å². The number of aliphatic hydroxyl groups excluding tert-OH is 1. The zero-order valence-corrected chi connectivity index (χ0v) is 8.35. The number of nitrogens with zero attached hydrogens (tertiary/aromatic N) is 3. The van der Waals surface area contributed by atoms with Crippen molar-refractivity contribution in [1.82, 2.24) is 20.3 Å². The van der Waals surface area contributed by atoms with Crippen LogP contribution in [0.4, 0.5) is 0 Å². The van der Waals surface area contributed by atoms with Gasteiger partial charge in [0.25, 0.3) is 0 Å². The van der Waals surface area contributed by atoms with Crippen LogP contribution in [-0.4, -0.2) is 32.7 Å². The molecular weight excluding hydrogens is 180 g/mol. The molecule has 0 aromatic carbocycles. The number of aliphatic hydroxyl groups is 1. The summed E-state index contributed by atoms with van der Waals surface area (Å²) in [7, 11) is 1.84. The minimum absolute atomic E-state index is 0.188. The maximum atomic E-state index is 9.57. The number of hydrogen-bond donors (Lipinski definition) is 2. The lowest BCUT2D eigenvalue weighted by Crippen LogP contribution is -2.27. The van der Waals surface area contributed by atoms with Gasteiger partial charge in [0, 0.05) is 26.3 Å². The van der Waals surface area contributed by atoms with Gasteiger partial charge in [0.2, 0.25) is 0 Å². The molecule has 2 N–H and O–H groups in total. The zero-order valence-electron chi connectivity index (χ0n) is 8.35. The lowest BCUT2D eigenvalue weighted by Gasteiger charge is -2.08. The first-order chi connectivity index (χ1) is 6.75. The van der Waals surface area contributed by atoms with Crippen molar-refractivity contribution in [2.45, 2.75) is 25.5 Å². The molecule has 0 aliphatic heterocycles. The molecule has 1 atom stereocenters. The molecule has 1 saturated carbocycles. The molecule has 1 aromatic rings. The molecule has 1 heterocycles. The van der Waals surface area contributed by atoms with E-state index >= 15 is 0 Å². The van der Waals surface area contributed by atoms with Crippen LogP contribution in [0.2, 0.25) is 0 Å². The van der Waals surface area contributed by atoms with E-state index in [1.807, 2.05) is 13.2 Å². The van der Waals surface area contributed by atoms with Crippen molar-refractivity contribution in [2.75, 3.05) is 6.54 Å². The van der Waals surface area contributed by atoms with E-state index in [9.17, 15) is 5.11 Å². The minimum Gasteiger partial charge on any atom is -0.392 e. The minimum atomic E-state index is -0.188. The highest BCUT2D eigenvalue weighted by Gasteiger charge is 2.29. The summed E-state index contributed by atoms with van der Waals surface area (Å²) < 4.78 is 1.67.